The van der Waals surface area contributed by atoms with E-state index in [1.54, 1.807) is 0 Å². The molecule has 0 aliphatic carbocycles. The highest BCUT2D eigenvalue weighted by Crippen LogP contribution is 2.28. The van der Waals surface area contributed by atoms with Crippen LogP contribution >= 0.6 is 22.9 Å². The largest absolute Gasteiger partial charge is 0.371 e. The van der Waals surface area contributed by atoms with Gasteiger partial charge in [-0.05, 0) is 18.1 Å². The lowest BCUT2D eigenvalue weighted by Crippen LogP contribution is -2.17. The number of rotatable bonds is 5. The number of halogens is 1. The quantitative estimate of drug-likeness (QED) is 0.849. The Morgan fingerprint density at radius 2 is 2.21 bits per heavy atom. The molecule has 4 heteroatoms. The minimum atomic E-state index is -0.00472. The van der Waals surface area contributed by atoms with Gasteiger partial charge in [0.25, 0.3) is 0 Å². The van der Waals surface area contributed by atoms with Gasteiger partial charge in [-0.1, -0.05) is 25.4 Å². The minimum Gasteiger partial charge on any atom is -0.371 e. The summed E-state index contributed by atoms with van der Waals surface area (Å²) in [6.45, 7) is 5.48. The Bertz CT molecular complexity index is 275. The van der Waals surface area contributed by atoms with Gasteiger partial charge in [0.2, 0.25) is 0 Å². The minimum absolute atomic E-state index is 0.00472. The van der Waals surface area contributed by atoms with Crippen molar-refractivity contribution in [2.24, 2.45) is 11.7 Å². The second-order valence-electron chi connectivity index (χ2n) is 3.59. The molecule has 1 aromatic rings. The van der Waals surface area contributed by atoms with Crippen LogP contribution in [0.5, 0.6) is 0 Å². The lowest BCUT2D eigenvalue weighted by molar-refractivity contribution is 0.0427. The van der Waals surface area contributed by atoms with Crippen LogP contribution < -0.4 is 5.73 Å². The van der Waals surface area contributed by atoms with Gasteiger partial charge < -0.3 is 10.5 Å². The smallest absolute Gasteiger partial charge is 0.104 e. The number of hydrogen-bond donors (Lipinski definition) is 1. The van der Waals surface area contributed by atoms with Crippen LogP contribution in [0.1, 0.15) is 24.8 Å². The SMILES string of the molecule is CC(C)COC(CN)c1ccc(Cl)s1. The van der Waals surface area contributed by atoms with Crippen molar-refractivity contribution in [2.75, 3.05) is 13.2 Å². The van der Waals surface area contributed by atoms with Gasteiger partial charge in [0.05, 0.1) is 4.34 Å². The van der Waals surface area contributed by atoms with Crippen LogP contribution in [0.3, 0.4) is 0 Å². The van der Waals surface area contributed by atoms with Crippen LogP contribution in [-0.2, 0) is 4.74 Å². The zero-order valence-corrected chi connectivity index (χ0v) is 10.1. The predicted molar refractivity (Wildman–Crippen MR) is 61.9 cm³/mol. The van der Waals surface area contributed by atoms with E-state index in [1.807, 2.05) is 12.1 Å². The molecule has 1 aromatic heterocycles. The number of ether oxygens (including phenoxy) is 1. The molecular weight excluding hydrogens is 218 g/mol. The molecule has 1 heterocycles. The molecule has 80 valence electrons. The van der Waals surface area contributed by atoms with Crippen molar-refractivity contribution < 1.29 is 4.74 Å². The van der Waals surface area contributed by atoms with E-state index in [-0.39, 0.29) is 6.10 Å². The Morgan fingerprint density at radius 1 is 1.50 bits per heavy atom. The molecular formula is C10H16ClNOS. The molecule has 0 aromatic carbocycles. The summed E-state index contributed by atoms with van der Waals surface area (Å²) < 4.78 is 6.46. The van der Waals surface area contributed by atoms with Gasteiger partial charge in [-0.3, -0.25) is 0 Å². The lowest BCUT2D eigenvalue weighted by atomic mass is 10.2. The van der Waals surface area contributed by atoms with Gasteiger partial charge >= 0.3 is 0 Å². The Kier molecular flexibility index (Phi) is 4.89. The topological polar surface area (TPSA) is 35.2 Å². The summed E-state index contributed by atoms with van der Waals surface area (Å²) in [7, 11) is 0. The third kappa shape index (κ3) is 3.58. The third-order valence-electron chi connectivity index (χ3n) is 1.76. The van der Waals surface area contributed by atoms with Gasteiger partial charge in [0.15, 0.2) is 0 Å². The molecule has 0 saturated carbocycles. The summed E-state index contributed by atoms with van der Waals surface area (Å²) in [6, 6.07) is 3.85. The van der Waals surface area contributed by atoms with Crippen molar-refractivity contribution >= 4 is 22.9 Å². The van der Waals surface area contributed by atoms with Gasteiger partial charge in [-0.2, -0.15) is 0 Å². The van der Waals surface area contributed by atoms with Crippen molar-refractivity contribution in [3.63, 3.8) is 0 Å². The summed E-state index contributed by atoms with van der Waals surface area (Å²) in [6.07, 6.45) is -0.00472. The van der Waals surface area contributed by atoms with Crippen LogP contribution in [0.2, 0.25) is 4.34 Å². The van der Waals surface area contributed by atoms with Gasteiger partial charge in [0, 0.05) is 18.0 Å². The summed E-state index contributed by atoms with van der Waals surface area (Å²) in [4.78, 5) is 1.11. The molecule has 1 atom stereocenters. The summed E-state index contributed by atoms with van der Waals surface area (Å²) in [5.41, 5.74) is 5.64. The second kappa shape index (κ2) is 5.71. The van der Waals surface area contributed by atoms with E-state index in [9.17, 15) is 0 Å². The van der Waals surface area contributed by atoms with Gasteiger partial charge in [-0.15, -0.1) is 11.3 Å². The molecule has 0 spiro atoms. The number of hydrogen-bond acceptors (Lipinski definition) is 3. The Balaban J connectivity index is 2.54. The molecule has 0 saturated heterocycles. The summed E-state index contributed by atoms with van der Waals surface area (Å²) in [5.74, 6) is 0.527. The first kappa shape index (κ1) is 12.0. The van der Waals surface area contributed by atoms with Crippen molar-refractivity contribution in [2.45, 2.75) is 20.0 Å². The average Bonchev–Trinajstić information content (AvgIpc) is 2.53. The van der Waals surface area contributed by atoms with E-state index in [2.05, 4.69) is 13.8 Å². The maximum Gasteiger partial charge on any atom is 0.104 e. The molecule has 2 nitrogen and oxygen atoms in total. The monoisotopic (exact) mass is 233 g/mol. The molecule has 0 aliphatic rings. The highest BCUT2D eigenvalue weighted by atomic mass is 35.5. The van der Waals surface area contributed by atoms with E-state index >= 15 is 0 Å². The number of nitrogens with two attached hydrogens (primary N) is 1. The highest BCUT2D eigenvalue weighted by molar-refractivity contribution is 7.16. The maximum atomic E-state index is 5.85. The van der Waals surface area contributed by atoms with Crippen LogP contribution in [0.4, 0.5) is 0 Å². The lowest BCUT2D eigenvalue weighted by Gasteiger charge is -2.15. The molecule has 14 heavy (non-hydrogen) atoms. The van der Waals surface area contributed by atoms with Crippen molar-refractivity contribution in [1.29, 1.82) is 0 Å². The van der Waals surface area contributed by atoms with Gasteiger partial charge in [-0.25, -0.2) is 0 Å². The highest BCUT2D eigenvalue weighted by Gasteiger charge is 2.12. The molecule has 1 unspecified atom stereocenters. The van der Waals surface area contributed by atoms with Crippen molar-refractivity contribution in [3.05, 3.63) is 21.3 Å². The molecule has 0 amide bonds. The maximum absolute atomic E-state index is 5.85. The van der Waals surface area contributed by atoms with Crippen LogP contribution in [0.15, 0.2) is 12.1 Å². The second-order valence-corrected chi connectivity index (χ2v) is 5.34. The van der Waals surface area contributed by atoms with E-state index in [0.717, 1.165) is 15.8 Å². The van der Waals surface area contributed by atoms with Crippen molar-refractivity contribution in [3.8, 4) is 0 Å². The fourth-order valence-electron chi connectivity index (χ4n) is 1.08. The zero-order chi connectivity index (χ0) is 10.6. The Hall–Kier alpha value is -0.0900. The van der Waals surface area contributed by atoms with E-state index < -0.39 is 0 Å². The first-order valence-corrected chi connectivity index (χ1v) is 5.89. The summed E-state index contributed by atoms with van der Waals surface area (Å²) >= 11 is 7.38. The molecule has 0 bridgehead atoms. The third-order valence-corrected chi connectivity index (χ3v) is 3.08. The standard InChI is InChI=1S/C10H16ClNOS/c1-7(2)6-13-8(5-12)9-3-4-10(11)14-9/h3-4,7-8H,5-6,12H2,1-2H3. The molecule has 0 aliphatic heterocycles. The van der Waals surface area contributed by atoms with E-state index in [4.69, 9.17) is 22.1 Å². The molecule has 1 rings (SSSR count). The molecule has 2 N–H and O–H groups in total. The van der Waals surface area contributed by atoms with Crippen LogP contribution in [0, 0.1) is 5.92 Å². The normalized spacial score (nSPS) is 13.5. The van der Waals surface area contributed by atoms with Crippen molar-refractivity contribution in [1.82, 2.24) is 0 Å². The zero-order valence-electron chi connectivity index (χ0n) is 8.50. The first-order chi connectivity index (χ1) is 6.63. The molecule has 0 radical (unpaired) electrons. The first-order valence-electron chi connectivity index (χ1n) is 4.70. The van der Waals surface area contributed by atoms with Crippen LogP contribution in [-0.4, -0.2) is 13.2 Å². The van der Waals surface area contributed by atoms with E-state index in [0.29, 0.717) is 12.5 Å². The average molecular weight is 234 g/mol. The van der Waals surface area contributed by atoms with Crippen LogP contribution in [0.25, 0.3) is 0 Å². The Morgan fingerprint density at radius 3 is 2.64 bits per heavy atom. The fourth-order valence-corrected chi connectivity index (χ4v) is 2.20. The van der Waals surface area contributed by atoms with E-state index in [1.165, 1.54) is 11.3 Å². The summed E-state index contributed by atoms with van der Waals surface area (Å²) in [5, 5.41) is 0. The Labute approximate surface area is 94.0 Å². The number of thiophene rings is 1. The predicted octanol–water partition coefficient (Wildman–Crippen LogP) is 3.07. The fraction of sp³-hybridized carbons (Fsp3) is 0.600. The molecule has 0 fully saturated rings. The van der Waals surface area contributed by atoms with Gasteiger partial charge in [0.1, 0.15) is 6.10 Å².